The Balaban J connectivity index is 3.11. The monoisotopic (exact) mass is 282 g/mol. The number of nitroso groups, excluding NO2 is 1. The molecule has 0 saturated carbocycles. The zero-order valence-corrected chi connectivity index (χ0v) is 9.92. The maximum absolute atomic E-state index is 12.3. The molecule has 0 aliphatic rings. The van der Waals surface area contributed by atoms with Crippen LogP contribution in [0.15, 0.2) is 34.3 Å². The molecule has 1 rings (SSSR count). The van der Waals surface area contributed by atoms with Crippen molar-refractivity contribution >= 4 is 15.7 Å². The van der Waals surface area contributed by atoms with Crippen molar-refractivity contribution in [1.82, 2.24) is 4.72 Å². The normalized spacial score (nSPS) is 14.2. The molecule has 100 valence electrons. The second kappa shape index (κ2) is 5.02. The molecule has 1 aromatic rings. The van der Waals surface area contributed by atoms with Crippen LogP contribution in [0.25, 0.3) is 0 Å². The van der Waals surface area contributed by atoms with Crippen LogP contribution in [-0.4, -0.2) is 20.6 Å². The van der Waals surface area contributed by atoms with Crippen LogP contribution in [0.5, 0.6) is 0 Å². The summed E-state index contributed by atoms with van der Waals surface area (Å²) >= 11 is 0. The molecule has 0 fully saturated rings. The molecule has 1 unspecified atom stereocenters. The highest BCUT2D eigenvalue weighted by atomic mass is 32.2. The minimum atomic E-state index is -4.71. The Bertz CT molecular complexity index is 542. The van der Waals surface area contributed by atoms with Crippen LogP contribution in [0.4, 0.5) is 18.9 Å². The molecule has 0 aliphatic heterocycles. The number of halogens is 3. The van der Waals surface area contributed by atoms with Gasteiger partial charge in [-0.25, -0.2) is 8.42 Å². The van der Waals surface area contributed by atoms with Crippen molar-refractivity contribution in [2.24, 2.45) is 5.18 Å². The van der Waals surface area contributed by atoms with Crippen molar-refractivity contribution in [2.45, 2.75) is 24.0 Å². The van der Waals surface area contributed by atoms with Crippen LogP contribution >= 0.6 is 0 Å². The minimum Gasteiger partial charge on any atom is -0.207 e. The van der Waals surface area contributed by atoms with E-state index in [0.29, 0.717) is 6.92 Å². The van der Waals surface area contributed by atoms with Crippen LogP contribution in [0, 0.1) is 4.91 Å². The highest BCUT2D eigenvalue weighted by Crippen LogP contribution is 2.26. The summed E-state index contributed by atoms with van der Waals surface area (Å²) < 4.78 is 61.6. The molecule has 1 N–H and O–H groups in total. The van der Waals surface area contributed by atoms with Crippen molar-refractivity contribution in [3.8, 4) is 0 Å². The van der Waals surface area contributed by atoms with Crippen LogP contribution < -0.4 is 4.72 Å². The summed E-state index contributed by atoms with van der Waals surface area (Å²) in [5.74, 6) is 0. The first-order valence-corrected chi connectivity index (χ1v) is 6.18. The van der Waals surface area contributed by atoms with E-state index in [1.807, 2.05) is 0 Å². The molecule has 9 heteroatoms. The molecule has 0 amide bonds. The highest BCUT2D eigenvalue weighted by Gasteiger charge is 2.39. The average molecular weight is 282 g/mol. The fourth-order valence-electron chi connectivity index (χ4n) is 1.12. The van der Waals surface area contributed by atoms with Gasteiger partial charge < -0.3 is 0 Å². The fourth-order valence-corrected chi connectivity index (χ4v) is 2.49. The number of benzene rings is 1. The Morgan fingerprint density at radius 2 is 1.83 bits per heavy atom. The van der Waals surface area contributed by atoms with Gasteiger partial charge in [-0.05, 0) is 24.2 Å². The van der Waals surface area contributed by atoms with E-state index in [9.17, 15) is 26.5 Å². The van der Waals surface area contributed by atoms with E-state index in [1.165, 1.54) is 16.9 Å². The molecule has 0 radical (unpaired) electrons. The summed E-state index contributed by atoms with van der Waals surface area (Å²) in [6, 6.07) is 2.47. The quantitative estimate of drug-likeness (QED) is 0.861. The fraction of sp³-hybridized carbons (Fsp3) is 0.333. The smallest absolute Gasteiger partial charge is 0.207 e. The van der Waals surface area contributed by atoms with Gasteiger partial charge in [-0.2, -0.15) is 17.9 Å². The first-order valence-electron chi connectivity index (χ1n) is 4.70. The van der Waals surface area contributed by atoms with Crippen molar-refractivity contribution < 1.29 is 21.6 Å². The zero-order valence-electron chi connectivity index (χ0n) is 9.10. The number of rotatable bonds is 4. The summed E-state index contributed by atoms with van der Waals surface area (Å²) in [6.07, 6.45) is -4.71. The number of nitrogens with zero attached hydrogens (tertiary/aromatic N) is 1. The second-order valence-electron chi connectivity index (χ2n) is 3.44. The Hall–Kier alpha value is -1.48. The van der Waals surface area contributed by atoms with E-state index < -0.39 is 32.8 Å². The highest BCUT2D eigenvalue weighted by molar-refractivity contribution is 7.89. The van der Waals surface area contributed by atoms with Crippen molar-refractivity contribution in [2.75, 3.05) is 0 Å². The van der Waals surface area contributed by atoms with Gasteiger partial charge in [-0.3, -0.25) is 0 Å². The van der Waals surface area contributed by atoms with Gasteiger partial charge >= 0.3 is 6.18 Å². The lowest BCUT2D eigenvalue weighted by atomic mass is 10.3. The molecule has 1 aromatic carbocycles. The topological polar surface area (TPSA) is 75.6 Å². The third-order valence-corrected chi connectivity index (χ3v) is 3.66. The van der Waals surface area contributed by atoms with Gasteiger partial charge in [0.15, 0.2) is 0 Å². The molecule has 0 aromatic heterocycles. The molecular weight excluding hydrogens is 273 g/mol. The summed E-state index contributed by atoms with van der Waals surface area (Å²) in [6.45, 7) is 0.661. The van der Waals surface area contributed by atoms with Gasteiger partial charge in [0.2, 0.25) is 10.0 Å². The summed E-state index contributed by atoms with van der Waals surface area (Å²) in [7, 11) is -4.45. The molecule has 0 aliphatic carbocycles. The molecule has 1 atom stereocenters. The lowest BCUT2D eigenvalue weighted by Crippen LogP contribution is -2.42. The van der Waals surface area contributed by atoms with E-state index in [1.54, 1.807) is 0 Å². The van der Waals surface area contributed by atoms with Gasteiger partial charge in [0.1, 0.15) is 16.6 Å². The molecular formula is C9H9F3N2O3S. The lowest BCUT2D eigenvalue weighted by Gasteiger charge is -2.17. The molecule has 5 nitrogen and oxygen atoms in total. The maximum Gasteiger partial charge on any atom is 0.404 e. The van der Waals surface area contributed by atoms with Gasteiger partial charge in [0.05, 0.1) is 0 Å². The summed E-state index contributed by atoms with van der Waals surface area (Å²) in [5, 5.41) is 2.46. The number of hydrogen-bond donors (Lipinski definition) is 1. The predicted molar refractivity (Wildman–Crippen MR) is 57.7 cm³/mol. The van der Waals surface area contributed by atoms with E-state index in [-0.39, 0.29) is 0 Å². The van der Waals surface area contributed by atoms with Crippen LogP contribution in [0.3, 0.4) is 0 Å². The predicted octanol–water partition coefficient (Wildman–Crippen LogP) is 2.31. The van der Waals surface area contributed by atoms with Crippen LogP contribution in [-0.2, 0) is 10.0 Å². The molecule has 0 saturated heterocycles. The minimum absolute atomic E-state index is 0.445. The van der Waals surface area contributed by atoms with E-state index in [4.69, 9.17) is 0 Å². The maximum atomic E-state index is 12.3. The zero-order chi connectivity index (χ0) is 14.0. The standard InChI is InChI=1S/C9H9F3N2O3S/c1-6(9(10,11)12)14-18(16,17)8-5-3-2-4-7(8)13-15/h2-6,14H,1H3. The number of alkyl halides is 3. The number of nitrogens with one attached hydrogen (secondary N) is 1. The van der Waals surface area contributed by atoms with E-state index >= 15 is 0 Å². The largest absolute Gasteiger partial charge is 0.404 e. The SMILES string of the molecule is CC(NS(=O)(=O)c1ccccc1N=O)C(F)(F)F. The third kappa shape index (κ3) is 3.26. The third-order valence-electron chi connectivity index (χ3n) is 2.08. The number of hydrogen-bond acceptors (Lipinski definition) is 4. The first kappa shape index (κ1) is 14.6. The lowest BCUT2D eigenvalue weighted by molar-refractivity contribution is -0.147. The molecule has 0 bridgehead atoms. The Morgan fingerprint density at radius 3 is 2.33 bits per heavy atom. The van der Waals surface area contributed by atoms with Gasteiger partial charge in [0.25, 0.3) is 0 Å². The molecule has 0 heterocycles. The van der Waals surface area contributed by atoms with Gasteiger partial charge in [0, 0.05) is 0 Å². The Kier molecular flexibility index (Phi) is 4.07. The number of sulfonamides is 1. The molecule has 0 spiro atoms. The summed E-state index contributed by atoms with van der Waals surface area (Å²) in [5.41, 5.74) is -0.445. The van der Waals surface area contributed by atoms with Gasteiger partial charge in [-0.1, -0.05) is 12.1 Å². The Morgan fingerprint density at radius 1 is 1.28 bits per heavy atom. The second-order valence-corrected chi connectivity index (χ2v) is 5.13. The average Bonchev–Trinajstić information content (AvgIpc) is 2.27. The van der Waals surface area contributed by atoms with Crippen molar-refractivity contribution in [3.05, 3.63) is 29.2 Å². The van der Waals surface area contributed by atoms with Crippen molar-refractivity contribution in [3.63, 3.8) is 0 Å². The van der Waals surface area contributed by atoms with Crippen molar-refractivity contribution in [1.29, 1.82) is 0 Å². The Labute approximate surface area is 101 Å². The van der Waals surface area contributed by atoms with Crippen LogP contribution in [0.2, 0.25) is 0 Å². The van der Waals surface area contributed by atoms with E-state index in [0.717, 1.165) is 12.1 Å². The summed E-state index contributed by atoms with van der Waals surface area (Å²) in [4.78, 5) is 9.81. The molecule has 18 heavy (non-hydrogen) atoms. The van der Waals surface area contributed by atoms with Gasteiger partial charge in [-0.15, -0.1) is 4.91 Å². The first-order chi connectivity index (χ1) is 8.18. The van der Waals surface area contributed by atoms with Crippen LogP contribution in [0.1, 0.15) is 6.92 Å². The van der Waals surface area contributed by atoms with E-state index in [2.05, 4.69) is 5.18 Å².